The van der Waals surface area contributed by atoms with Crippen LogP contribution in [-0.2, 0) is 12.4 Å². The molecule has 0 aliphatic carbocycles. The van der Waals surface area contributed by atoms with Crippen molar-refractivity contribution < 1.29 is 0 Å². The Balaban J connectivity index is 3.00. The third-order valence-corrected chi connectivity index (χ3v) is 1.95. The molecule has 0 unspecified atom stereocenters. The van der Waals surface area contributed by atoms with E-state index >= 15 is 0 Å². The van der Waals surface area contributed by atoms with Gasteiger partial charge in [-0.15, -0.1) is 11.3 Å². The van der Waals surface area contributed by atoms with E-state index in [4.69, 9.17) is 11.6 Å². The average molecular weight is 164 g/mol. The van der Waals surface area contributed by atoms with Crippen LogP contribution in [0.15, 0.2) is 15.8 Å². The van der Waals surface area contributed by atoms with E-state index in [9.17, 15) is 0 Å². The molecule has 1 heterocycles. The predicted octanol–water partition coefficient (Wildman–Crippen LogP) is 2.76. The molecule has 0 aromatic carbocycles. The van der Waals surface area contributed by atoms with E-state index in [1.165, 1.54) is 11.3 Å². The number of nitrogens with zero attached hydrogens (tertiary/aromatic N) is 1. The lowest BCUT2D eigenvalue weighted by Gasteiger charge is -1.70. The zero-order valence-electron chi connectivity index (χ0n) is 3.80. The molecule has 4 heteroatoms. The zero-order chi connectivity index (χ0) is 5.98. The monoisotopic (exact) mass is 163 g/mol. The minimum Gasteiger partial charge on any atom is -0.181 e. The first kappa shape index (κ1) is 6.13. The fourth-order valence-corrected chi connectivity index (χ4v) is 1.31. The molecule has 0 atom stereocenters. The number of rotatable bonds is 1. The van der Waals surface area contributed by atoms with Crippen molar-refractivity contribution in [2.75, 3.05) is 0 Å². The van der Waals surface area contributed by atoms with E-state index in [2.05, 4.69) is 16.8 Å². The van der Waals surface area contributed by atoms with E-state index in [1.807, 2.05) is 5.38 Å². The largest absolute Gasteiger partial charge is 0.181 e. The first-order valence-corrected chi connectivity index (χ1v) is 3.52. The van der Waals surface area contributed by atoms with Gasteiger partial charge in [-0.25, -0.2) is 0 Å². The molecule has 0 saturated heterocycles. The molecule has 8 heavy (non-hydrogen) atoms. The van der Waals surface area contributed by atoms with Crippen LogP contribution in [0.3, 0.4) is 0 Å². The molecule has 1 aromatic heterocycles. The fraction of sp³-hybridized carbons (Fsp3) is 0. The summed E-state index contributed by atoms with van der Waals surface area (Å²) in [5.74, 6) is 0. The standard InChI is InChI=1S/C4H2ClNS2/c5-4-1-3(6-7)2-8-4/h1-2H. The van der Waals surface area contributed by atoms with Crippen LogP contribution in [0.25, 0.3) is 0 Å². The maximum Gasteiger partial charge on any atom is 0.0950 e. The van der Waals surface area contributed by atoms with Gasteiger partial charge in [0.15, 0.2) is 0 Å². The molecule has 0 aliphatic heterocycles. The maximum atomic E-state index is 5.55. The molecule has 42 valence electrons. The molecule has 0 amide bonds. The van der Waals surface area contributed by atoms with Crippen LogP contribution in [0.5, 0.6) is 0 Å². The molecule has 1 nitrogen and oxygen atoms in total. The molecule has 0 fully saturated rings. The lowest BCUT2D eigenvalue weighted by Crippen LogP contribution is -1.42. The Morgan fingerprint density at radius 3 is 2.75 bits per heavy atom. The summed E-state index contributed by atoms with van der Waals surface area (Å²) in [6.45, 7) is 0. The number of thiophene rings is 1. The Morgan fingerprint density at radius 1 is 1.75 bits per heavy atom. The van der Waals surface area contributed by atoms with Crippen LogP contribution in [0, 0.1) is 0 Å². The van der Waals surface area contributed by atoms with Crippen molar-refractivity contribution in [3.63, 3.8) is 0 Å². The second-order valence-electron chi connectivity index (χ2n) is 1.20. The molecule has 0 N–H and O–H groups in total. The van der Waals surface area contributed by atoms with Crippen molar-refractivity contribution in [3.05, 3.63) is 15.8 Å². The number of halogens is 1. The topological polar surface area (TPSA) is 12.4 Å². The van der Waals surface area contributed by atoms with Crippen LogP contribution in [-0.4, -0.2) is 0 Å². The van der Waals surface area contributed by atoms with Gasteiger partial charge >= 0.3 is 0 Å². The summed E-state index contributed by atoms with van der Waals surface area (Å²) in [6, 6.07) is 1.74. The van der Waals surface area contributed by atoms with Crippen molar-refractivity contribution in [3.8, 4) is 0 Å². The maximum absolute atomic E-state index is 5.55. The fourth-order valence-electron chi connectivity index (χ4n) is 0.349. The lowest BCUT2D eigenvalue weighted by molar-refractivity contribution is 1.67. The van der Waals surface area contributed by atoms with Crippen LogP contribution >= 0.6 is 22.9 Å². The molecule has 0 spiro atoms. The number of hydrogen-bond acceptors (Lipinski definition) is 3. The van der Waals surface area contributed by atoms with E-state index in [-0.39, 0.29) is 0 Å². The normalized spacial score (nSPS) is 9.12. The highest BCUT2D eigenvalue weighted by Crippen LogP contribution is 2.25. The van der Waals surface area contributed by atoms with Crippen LogP contribution < -0.4 is 0 Å². The minimum atomic E-state index is 0.730. The van der Waals surface area contributed by atoms with Gasteiger partial charge in [-0.3, -0.25) is 0 Å². The first-order chi connectivity index (χ1) is 3.83. The summed E-state index contributed by atoms with van der Waals surface area (Å²) in [4.78, 5) is 0. The van der Waals surface area contributed by atoms with Crippen LogP contribution in [0.2, 0.25) is 4.34 Å². The molecular formula is C4H2ClNS2. The summed E-state index contributed by atoms with van der Waals surface area (Å²) in [5, 5.41) is 1.81. The highest BCUT2D eigenvalue weighted by molar-refractivity contribution is 7.47. The minimum absolute atomic E-state index is 0.730. The van der Waals surface area contributed by atoms with E-state index < -0.39 is 0 Å². The highest BCUT2D eigenvalue weighted by Gasteiger charge is 1.91. The summed E-state index contributed by atoms with van der Waals surface area (Å²) in [6.07, 6.45) is 0. The Kier molecular flexibility index (Phi) is 1.94. The Hall–Kier alpha value is 0.01000. The van der Waals surface area contributed by atoms with Gasteiger partial charge in [0.1, 0.15) is 0 Å². The number of hydrogen-bond donors (Lipinski definition) is 0. The lowest BCUT2D eigenvalue weighted by atomic mass is 10.6. The van der Waals surface area contributed by atoms with Gasteiger partial charge in [0.2, 0.25) is 0 Å². The van der Waals surface area contributed by atoms with Crippen LogP contribution in [0.4, 0.5) is 5.69 Å². The predicted molar refractivity (Wildman–Crippen MR) is 38.8 cm³/mol. The summed E-state index contributed by atoms with van der Waals surface area (Å²) >= 11 is 11.4. The Morgan fingerprint density at radius 2 is 2.50 bits per heavy atom. The van der Waals surface area contributed by atoms with Crippen molar-refractivity contribution in [1.82, 2.24) is 0 Å². The van der Waals surface area contributed by atoms with Gasteiger partial charge in [-0.1, -0.05) is 11.6 Å². The van der Waals surface area contributed by atoms with Gasteiger partial charge in [0.25, 0.3) is 0 Å². The van der Waals surface area contributed by atoms with Gasteiger partial charge in [0.05, 0.1) is 10.0 Å². The summed E-state index contributed by atoms with van der Waals surface area (Å²) in [7, 11) is 0. The average Bonchev–Trinajstić information content (AvgIpc) is 2.14. The van der Waals surface area contributed by atoms with Gasteiger partial charge in [-0.2, -0.15) is 4.36 Å². The van der Waals surface area contributed by atoms with Crippen molar-refractivity contribution in [2.24, 2.45) is 4.36 Å². The Bertz CT molecular complexity index is 196. The van der Waals surface area contributed by atoms with Gasteiger partial charge in [-0.05, 0) is 6.07 Å². The second kappa shape index (κ2) is 2.53. The first-order valence-electron chi connectivity index (χ1n) is 1.90. The zero-order valence-corrected chi connectivity index (χ0v) is 6.19. The summed E-state index contributed by atoms with van der Waals surface area (Å²) in [5.41, 5.74) is 0.773. The summed E-state index contributed by atoms with van der Waals surface area (Å²) < 4.78 is 4.23. The van der Waals surface area contributed by atoms with Gasteiger partial charge < -0.3 is 0 Å². The third-order valence-electron chi connectivity index (χ3n) is 0.659. The molecule has 1 rings (SSSR count). The van der Waals surface area contributed by atoms with Crippen molar-refractivity contribution in [1.29, 1.82) is 0 Å². The molecule has 0 saturated carbocycles. The Labute approximate surface area is 61.5 Å². The smallest absolute Gasteiger partial charge is 0.0950 e. The molecular weight excluding hydrogens is 162 g/mol. The highest BCUT2D eigenvalue weighted by atomic mass is 35.5. The SMILES string of the molecule is S=Nc1csc(Cl)c1. The molecule has 0 radical (unpaired) electrons. The molecule has 1 aromatic rings. The quantitative estimate of drug-likeness (QED) is 0.620. The van der Waals surface area contributed by atoms with Crippen molar-refractivity contribution >= 4 is 41.1 Å². The van der Waals surface area contributed by atoms with Crippen LogP contribution in [0.1, 0.15) is 0 Å². The second-order valence-corrected chi connectivity index (χ2v) is 2.93. The van der Waals surface area contributed by atoms with E-state index in [0.29, 0.717) is 0 Å². The van der Waals surface area contributed by atoms with E-state index in [0.717, 1.165) is 10.0 Å². The van der Waals surface area contributed by atoms with Gasteiger partial charge in [0, 0.05) is 17.8 Å². The van der Waals surface area contributed by atoms with E-state index in [1.54, 1.807) is 6.07 Å². The van der Waals surface area contributed by atoms with Crippen molar-refractivity contribution in [2.45, 2.75) is 0 Å². The molecule has 0 aliphatic rings. The third kappa shape index (κ3) is 1.24. The molecule has 0 bridgehead atoms.